The predicted octanol–water partition coefficient (Wildman–Crippen LogP) is 2.87. The van der Waals surface area contributed by atoms with E-state index in [-0.39, 0.29) is 18.3 Å². The summed E-state index contributed by atoms with van der Waals surface area (Å²) < 4.78 is 37.3. The maximum atomic E-state index is 12.4. The molecule has 0 radical (unpaired) electrons. The number of rotatable bonds is 4. The molecule has 1 aromatic heterocycles. The highest BCUT2D eigenvalue weighted by Crippen LogP contribution is 2.30. The molecule has 5 nitrogen and oxygen atoms in total. The Balaban J connectivity index is 2.03. The van der Waals surface area contributed by atoms with Crippen LogP contribution in [0.15, 0.2) is 18.3 Å². The van der Waals surface area contributed by atoms with Gasteiger partial charge < -0.3 is 15.3 Å². The van der Waals surface area contributed by atoms with E-state index >= 15 is 0 Å². The van der Waals surface area contributed by atoms with Crippen molar-refractivity contribution >= 4 is 11.7 Å². The average Bonchev–Trinajstić information content (AvgIpc) is 3.18. The van der Waals surface area contributed by atoms with Crippen LogP contribution in [0.3, 0.4) is 0 Å². The minimum absolute atomic E-state index is 0.0637. The number of aliphatic hydroxyl groups is 1. The van der Waals surface area contributed by atoms with Gasteiger partial charge in [-0.05, 0) is 38.8 Å². The van der Waals surface area contributed by atoms with Gasteiger partial charge in [0, 0.05) is 6.04 Å². The topological polar surface area (TPSA) is 65.5 Å². The molecule has 0 spiro atoms. The van der Waals surface area contributed by atoms with Gasteiger partial charge in [-0.1, -0.05) is 0 Å². The smallest absolute Gasteiger partial charge is 0.389 e. The van der Waals surface area contributed by atoms with E-state index in [4.69, 9.17) is 0 Å². The zero-order valence-electron chi connectivity index (χ0n) is 12.3. The van der Waals surface area contributed by atoms with Gasteiger partial charge in [0.15, 0.2) is 0 Å². The molecule has 1 saturated carbocycles. The second kappa shape index (κ2) is 5.75. The lowest BCUT2D eigenvalue weighted by molar-refractivity contribution is -0.141. The molecule has 0 saturated heterocycles. The molecule has 2 amide bonds. The molecule has 1 heterocycles. The standard InChI is InChI=1S/C14H18F3N3O2/c1-13(2,22)8-20(10-4-5-10)12(21)19-9-3-6-11(18-7-9)14(15,16)17/h3,6-7,10,22H,4-5,8H2,1-2H3,(H,19,21). The Hall–Kier alpha value is -1.83. The Morgan fingerprint density at radius 1 is 1.41 bits per heavy atom. The summed E-state index contributed by atoms with van der Waals surface area (Å²) >= 11 is 0. The number of alkyl halides is 3. The van der Waals surface area contributed by atoms with Crippen LogP contribution in [-0.4, -0.2) is 39.2 Å². The van der Waals surface area contributed by atoms with E-state index in [9.17, 15) is 23.1 Å². The average molecular weight is 317 g/mol. The SMILES string of the molecule is CC(C)(O)CN(C(=O)Nc1ccc(C(F)(F)F)nc1)C1CC1. The molecule has 0 atom stereocenters. The Kier molecular flexibility index (Phi) is 4.32. The first-order valence-corrected chi connectivity index (χ1v) is 6.89. The van der Waals surface area contributed by atoms with Crippen molar-refractivity contribution in [3.05, 3.63) is 24.0 Å². The lowest BCUT2D eigenvalue weighted by Crippen LogP contribution is -2.45. The largest absolute Gasteiger partial charge is 0.433 e. The van der Waals surface area contributed by atoms with Gasteiger partial charge in [-0.3, -0.25) is 0 Å². The fourth-order valence-electron chi connectivity index (χ4n) is 2.00. The van der Waals surface area contributed by atoms with E-state index in [0.717, 1.165) is 31.2 Å². The monoisotopic (exact) mass is 317 g/mol. The van der Waals surface area contributed by atoms with Crippen LogP contribution in [0.5, 0.6) is 0 Å². The molecule has 22 heavy (non-hydrogen) atoms. The van der Waals surface area contributed by atoms with Crippen LogP contribution in [-0.2, 0) is 6.18 Å². The van der Waals surface area contributed by atoms with Crippen molar-refractivity contribution in [1.29, 1.82) is 0 Å². The molecular formula is C14H18F3N3O2. The number of hydrogen-bond acceptors (Lipinski definition) is 3. The van der Waals surface area contributed by atoms with Crippen LogP contribution in [0.4, 0.5) is 23.7 Å². The van der Waals surface area contributed by atoms with E-state index in [1.807, 2.05) is 0 Å². The number of halogens is 3. The van der Waals surface area contributed by atoms with E-state index < -0.39 is 23.5 Å². The van der Waals surface area contributed by atoms with E-state index in [0.29, 0.717) is 0 Å². The van der Waals surface area contributed by atoms with E-state index in [1.54, 1.807) is 13.8 Å². The highest BCUT2D eigenvalue weighted by molar-refractivity contribution is 5.89. The number of urea groups is 1. The summed E-state index contributed by atoms with van der Waals surface area (Å²) in [5.74, 6) is 0. The number of anilines is 1. The van der Waals surface area contributed by atoms with Crippen molar-refractivity contribution in [2.75, 3.05) is 11.9 Å². The van der Waals surface area contributed by atoms with Crippen LogP contribution < -0.4 is 5.32 Å². The lowest BCUT2D eigenvalue weighted by atomic mass is 10.1. The van der Waals surface area contributed by atoms with Crippen molar-refractivity contribution in [3.63, 3.8) is 0 Å². The minimum atomic E-state index is -4.51. The van der Waals surface area contributed by atoms with Gasteiger partial charge in [0.05, 0.1) is 24.0 Å². The Labute approximate surface area is 126 Å². The normalized spacial score (nSPS) is 15.5. The first kappa shape index (κ1) is 16.5. The Bertz CT molecular complexity index is 534. The third kappa shape index (κ3) is 4.59. The molecule has 1 aromatic rings. The van der Waals surface area contributed by atoms with Crippen molar-refractivity contribution in [2.45, 2.75) is 44.5 Å². The molecule has 0 bridgehead atoms. The fraction of sp³-hybridized carbons (Fsp3) is 0.571. The maximum absolute atomic E-state index is 12.4. The number of pyridine rings is 1. The molecule has 2 rings (SSSR count). The summed E-state index contributed by atoms with van der Waals surface area (Å²) in [7, 11) is 0. The minimum Gasteiger partial charge on any atom is -0.389 e. The second-order valence-corrected chi connectivity index (χ2v) is 6.03. The number of hydrogen-bond donors (Lipinski definition) is 2. The van der Waals surface area contributed by atoms with Gasteiger partial charge in [0.2, 0.25) is 0 Å². The number of nitrogens with zero attached hydrogens (tertiary/aromatic N) is 2. The number of amides is 2. The van der Waals surface area contributed by atoms with Crippen LogP contribution in [0.2, 0.25) is 0 Å². The molecule has 1 aliphatic carbocycles. The molecule has 1 fully saturated rings. The van der Waals surface area contributed by atoms with Gasteiger partial charge >= 0.3 is 12.2 Å². The third-order valence-electron chi connectivity index (χ3n) is 3.11. The maximum Gasteiger partial charge on any atom is 0.433 e. The quantitative estimate of drug-likeness (QED) is 0.897. The van der Waals surface area contributed by atoms with Crippen LogP contribution in [0.25, 0.3) is 0 Å². The zero-order chi connectivity index (χ0) is 16.5. The summed E-state index contributed by atoms with van der Waals surface area (Å²) in [6, 6.07) is 1.58. The number of carbonyl (C=O) groups is 1. The van der Waals surface area contributed by atoms with E-state index in [2.05, 4.69) is 10.3 Å². The van der Waals surface area contributed by atoms with Gasteiger partial charge in [0.1, 0.15) is 5.69 Å². The van der Waals surface area contributed by atoms with Crippen LogP contribution in [0, 0.1) is 0 Å². The molecule has 0 aromatic carbocycles. The molecular weight excluding hydrogens is 299 g/mol. The van der Waals surface area contributed by atoms with Crippen LogP contribution in [0.1, 0.15) is 32.4 Å². The van der Waals surface area contributed by atoms with Gasteiger partial charge in [-0.25, -0.2) is 9.78 Å². The zero-order valence-corrected chi connectivity index (χ0v) is 12.3. The lowest BCUT2D eigenvalue weighted by Gasteiger charge is -2.29. The number of carbonyl (C=O) groups excluding carboxylic acids is 1. The van der Waals surface area contributed by atoms with Gasteiger partial charge in [-0.15, -0.1) is 0 Å². The van der Waals surface area contributed by atoms with Crippen molar-refractivity contribution in [3.8, 4) is 0 Å². The summed E-state index contributed by atoms with van der Waals surface area (Å²) in [6.45, 7) is 3.34. The summed E-state index contributed by atoms with van der Waals surface area (Å²) in [4.78, 5) is 17.0. The van der Waals surface area contributed by atoms with Crippen molar-refractivity contribution in [2.24, 2.45) is 0 Å². The Morgan fingerprint density at radius 3 is 2.45 bits per heavy atom. The summed E-state index contributed by atoms with van der Waals surface area (Å²) in [5, 5.41) is 12.4. The fourth-order valence-corrected chi connectivity index (χ4v) is 2.00. The molecule has 1 aliphatic rings. The summed E-state index contributed by atoms with van der Waals surface area (Å²) in [6.07, 6.45) is -1.83. The molecule has 0 unspecified atom stereocenters. The third-order valence-corrected chi connectivity index (χ3v) is 3.11. The highest BCUT2D eigenvalue weighted by Gasteiger charge is 2.36. The van der Waals surface area contributed by atoms with Crippen LogP contribution >= 0.6 is 0 Å². The molecule has 2 N–H and O–H groups in total. The highest BCUT2D eigenvalue weighted by atomic mass is 19.4. The second-order valence-electron chi connectivity index (χ2n) is 6.03. The summed E-state index contributed by atoms with van der Waals surface area (Å²) in [5.41, 5.74) is -1.88. The Morgan fingerprint density at radius 2 is 2.05 bits per heavy atom. The number of aromatic nitrogens is 1. The number of nitrogens with one attached hydrogen (secondary N) is 1. The molecule has 122 valence electrons. The van der Waals surface area contributed by atoms with Crippen molar-refractivity contribution < 1.29 is 23.1 Å². The first-order chi connectivity index (χ1) is 10.1. The van der Waals surface area contributed by atoms with Gasteiger partial charge in [0.25, 0.3) is 0 Å². The van der Waals surface area contributed by atoms with Gasteiger partial charge in [-0.2, -0.15) is 13.2 Å². The molecule has 0 aliphatic heterocycles. The molecule has 8 heteroatoms. The van der Waals surface area contributed by atoms with E-state index in [1.165, 1.54) is 4.90 Å². The predicted molar refractivity (Wildman–Crippen MR) is 74.3 cm³/mol. The first-order valence-electron chi connectivity index (χ1n) is 6.89. The van der Waals surface area contributed by atoms with Crippen molar-refractivity contribution in [1.82, 2.24) is 9.88 Å².